The zero-order valence-corrected chi connectivity index (χ0v) is 13.5. The zero-order valence-electron chi connectivity index (χ0n) is 13.5. The summed E-state index contributed by atoms with van der Waals surface area (Å²) in [5.74, 6) is 0.146. The molecule has 1 aromatic carbocycles. The molecule has 0 heterocycles. The second kappa shape index (κ2) is 6.61. The van der Waals surface area contributed by atoms with E-state index in [4.69, 9.17) is 5.73 Å². The first-order valence-corrected chi connectivity index (χ1v) is 8.05. The van der Waals surface area contributed by atoms with Crippen LogP contribution in [0, 0.1) is 12.8 Å². The second-order valence-corrected chi connectivity index (χ2v) is 6.84. The van der Waals surface area contributed by atoms with E-state index in [2.05, 4.69) is 36.5 Å². The smallest absolute Gasteiger partial charge is 0.237 e. The number of benzene rings is 1. The van der Waals surface area contributed by atoms with Gasteiger partial charge in [-0.15, -0.1) is 0 Å². The molecule has 1 aromatic rings. The molecule has 2 rings (SSSR count). The third kappa shape index (κ3) is 3.65. The molecule has 1 amide bonds. The van der Waals surface area contributed by atoms with Crippen LogP contribution in [0.1, 0.15) is 50.7 Å². The summed E-state index contributed by atoms with van der Waals surface area (Å²) in [4.78, 5) is 12.1. The number of rotatable bonds is 5. The molecule has 0 bridgehead atoms. The average Bonchev–Trinajstić information content (AvgIpc) is 2.94. The molecule has 1 saturated carbocycles. The number of nitrogens with one attached hydrogen (secondary N) is 1. The van der Waals surface area contributed by atoms with Gasteiger partial charge in [0.2, 0.25) is 5.91 Å². The highest BCUT2D eigenvalue weighted by Crippen LogP contribution is 2.40. The lowest BCUT2D eigenvalue weighted by Crippen LogP contribution is -2.48. The minimum atomic E-state index is -0.416. The molecule has 116 valence electrons. The maximum Gasteiger partial charge on any atom is 0.237 e. The Hall–Kier alpha value is -1.35. The van der Waals surface area contributed by atoms with Crippen LogP contribution in [0.2, 0.25) is 0 Å². The minimum absolute atomic E-state index is 0.0241. The molecule has 21 heavy (non-hydrogen) atoms. The van der Waals surface area contributed by atoms with Gasteiger partial charge < -0.3 is 11.1 Å². The molecule has 0 saturated heterocycles. The van der Waals surface area contributed by atoms with Gasteiger partial charge in [-0.1, -0.05) is 56.5 Å². The van der Waals surface area contributed by atoms with Gasteiger partial charge in [-0.05, 0) is 31.2 Å². The molecule has 3 nitrogen and oxygen atoms in total. The van der Waals surface area contributed by atoms with Gasteiger partial charge >= 0.3 is 0 Å². The van der Waals surface area contributed by atoms with Crippen molar-refractivity contribution >= 4 is 5.91 Å². The van der Waals surface area contributed by atoms with Crippen LogP contribution in [0.5, 0.6) is 0 Å². The maximum atomic E-state index is 12.1. The van der Waals surface area contributed by atoms with Crippen LogP contribution in [-0.2, 0) is 10.2 Å². The molecule has 0 unspecified atom stereocenters. The van der Waals surface area contributed by atoms with Gasteiger partial charge in [0.25, 0.3) is 0 Å². The normalized spacial score (nSPS) is 18.7. The molecular formula is C18H28N2O. The van der Waals surface area contributed by atoms with E-state index in [1.165, 1.54) is 24.0 Å². The Labute approximate surface area is 128 Å². The number of carbonyl (C=O) groups is 1. The highest BCUT2D eigenvalue weighted by molar-refractivity contribution is 5.81. The molecule has 1 aliphatic rings. The van der Waals surface area contributed by atoms with Crippen LogP contribution in [0.25, 0.3) is 0 Å². The van der Waals surface area contributed by atoms with Crippen LogP contribution in [-0.4, -0.2) is 18.5 Å². The number of carbonyl (C=O) groups excluding carboxylic acids is 1. The van der Waals surface area contributed by atoms with Gasteiger partial charge in [-0.2, -0.15) is 0 Å². The predicted octanol–water partition coefficient (Wildman–Crippen LogP) is 2.91. The summed E-state index contributed by atoms with van der Waals surface area (Å²) in [6.07, 6.45) is 4.77. The van der Waals surface area contributed by atoms with Crippen molar-refractivity contribution in [2.24, 2.45) is 11.7 Å². The highest BCUT2D eigenvalue weighted by Gasteiger charge is 2.36. The third-order valence-electron chi connectivity index (χ3n) is 4.81. The van der Waals surface area contributed by atoms with E-state index in [0.717, 1.165) is 12.8 Å². The Balaban J connectivity index is 2.11. The summed E-state index contributed by atoms with van der Waals surface area (Å²) in [6.45, 7) is 6.79. The first kappa shape index (κ1) is 16.0. The molecule has 0 aromatic heterocycles. The molecule has 3 heteroatoms. The zero-order chi connectivity index (χ0) is 15.5. The Morgan fingerprint density at radius 3 is 2.57 bits per heavy atom. The summed E-state index contributed by atoms with van der Waals surface area (Å²) in [5.41, 5.74) is 8.68. The Kier molecular flexibility index (Phi) is 5.04. The van der Waals surface area contributed by atoms with Gasteiger partial charge in [0.05, 0.1) is 6.04 Å². The van der Waals surface area contributed by atoms with Gasteiger partial charge in [-0.3, -0.25) is 4.79 Å². The van der Waals surface area contributed by atoms with Crippen LogP contribution >= 0.6 is 0 Å². The predicted molar refractivity (Wildman–Crippen MR) is 87.1 cm³/mol. The lowest BCUT2D eigenvalue weighted by Gasteiger charge is -2.31. The fourth-order valence-corrected chi connectivity index (χ4v) is 3.27. The van der Waals surface area contributed by atoms with Gasteiger partial charge in [0.15, 0.2) is 0 Å². The number of hydrogen-bond acceptors (Lipinski definition) is 2. The fraction of sp³-hybridized carbons (Fsp3) is 0.611. The Morgan fingerprint density at radius 1 is 1.33 bits per heavy atom. The average molecular weight is 288 g/mol. The Morgan fingerprint density at radius 2 is 2.00 bits per heavy atom. The number of hydrogen-bond donors (Lipinski definition) is 2. The number of amides is 1. The van der Waals surface area contributed by atoms with Crippen LogP contribution < -0.4 is 11.1 Å². The molecule has 1 aliphatic carbocycles. The van der Waals surface area contributed by atoms with E-state index in [1.54, 1.807) is 0 Å². The van der Waals surface area contributed by atoms with Gasteiger partial charge in [-0.25, -0.2) is 0 Å². The number of aryl methyl sites for hydroxylation is 1. The first-order valence-electron chi connectivity index (χ1n) is 8.05. The highest BCUT2D eigenvalue weighted by atomic mass is 16.2. The summed E-state index contributed by atoms with van der Waals surface area (Å²) >= 11 is 0. The van der Waals surface area contributed by atoms with Crippen molar-refractivity contribution in [1.82, 2.24) is 5.32 Å². The van der Waals surface area contributed by atoms with Crippen molar-refractivity contribution in [2.45, 2.75) is 57.9 Å². The first-order chi connectivity index (χ1) is 9.94. The van der Waals surface area contributed by atoms with Crippen LogP contribution in [0.15, 0.2) is 24.3 Å². The van der Waals surface area contributed by atoms with Crippen molar-refractivity contribution in [3.05, 3.63) is 35.4 Å². The second-order valence-electron chi connectivity index (χ2n) is 6.84. The van der Waals surface area contributed by atoms with E-state index in [0.29, 0.717) is 6.54 Å². The Bertz CT molecular complexity index is 490. The standard InChI is InChI=1S/C18H28N2O/c1-13(2)16(19)17(21)20-12-18(9-4-5-10-18)15-8-6-7-14(3)11-15/h6-8,11,13,16H,4-5,9-10,12,19H2,1-3H3,(H,20,21)/t16-/m0/s1. The molecule has 3 N–H and O–H groups in total. The van der Waals surface area contributed by atoms with Crippen molar-refractivity contribution in [3.8, 4) is 0 Å². The maximum absolute atomic E-state index is 12.1. The molecule has 0 aliphatic heterocycles. The van der Waals surface area contributed by atoms with Crippen molar-refractivity contribution in [3.63, 3.8) is 0 Å². The summed E-state index contributed by atoms with van der Waals surface area (Å²) in [7, 11) is 0. The third-order valence-corrected chi connectivity index (χ3v) is 4.81. The summed E-state index contributed by atoms with van der Waals surface area (Å²) in [5, 5.41) is 3.10. The largest absolute Gasteiger partial charge is 0.354 e. The van der Waals surface area contributed by atoms with Gasteiger partial charge in [0, 0.05) is 12.0 Å². The quantitative estimate of drug-likeness (QED) is 0.875. The SMILES string of the molecule is Cc1cccc(C2(CNC(=O)[C@@H](N)C(C)C)CCCC2)c1. The molecular weight excluding hydrogens is 260 g/mol. The molecule has 0 radical (unpaired) electrons. The van der Waals surface area contributed by atoms with Crippen molar-refractivity contribution in [1.29, 1.82) is 0 Å². The monoisotopic (exact) mass is 288 g/mol. The summed E-state index contributed by atoms with van der Waals surface area (Å²) in [6, 6.07) is 8.29. The van der Waals surface area contributed by atoms with E-state index in [-0.39, 0.29) is 17.2 Å². The topological polar surface area (TPSA) is 55.1 Å². The van der Waals surface area contributed by atoms with Gasteiger partial charge in [0.1, 0.15) is 0 Å². The summed E-state index contributed by atoms with van der Waals surface area (Å²) < 4.78 is 0. The lowest BCUT2D eigenvalue weighted by atomic mass is 9.78. The fourth-order valence-electron chi connectivity index (χ4n) is 3.27. The van der Waals surface area contributed by atoms with Crippen LogP contribution in [0.4, 0.5) is 0 Å². The van der Waals surface area contributed by atoms with Crippen molar-refractivity contribution in [2.75, 3.05) is 6.54 Å². The van der Waals surface area contributed by atoms with E-state index in [9.17, 15) is 4.79 Å². The van der Waals surface area contributed by atoms with Crippen LogP contribution in [0.3, 0.4) is 0 Å². The van der Waals surface area contributed by atoms with E-state index in [1.807, 2.05) is 13.8 Å². The number of nitrogens with two attached hydrogens (primary N) is 1. The minimum Gasteiger partial charge on any atom is -0.354 e. The van der Waals surface area contributed by atoms with E-state index < -0.39 is 6.04 Å². The lowest BCUT2D eigenvalue weighted by molar-refractivity contribution is -0.123. The van der Waals surface area contributed by atoms with E-state index >= 15 is 0 Å². The molecule has 1 atom stereocenters. The molecule has 1 fully saturated rings. The molecule has 0 spiro atoms. The van der Waals surface area contributed by atoms with Crippen molar-refractivity contribution < 1.29 is 4.79 Å².